The van der Waals surface area contributed by atoms with Crippen LogP contribution in [0.4, 0.5) is 16.3 Å². The lowest BCUT2D eigenvalue weighted by molar-refractivity contribution is 0.134. The Bertz CT molecular complexity index is 870. The highest BCUT2D eigenvalue weighted by Crippen LogP contribution is 2.20. The summed E-state index contributed by atoms with van der Waals surface area (Å²) in [6.07, 6.45) is 2.63. The molecule has 9 nitrogen and oxygen atoms in total. The number of hydrogen-bond donors (Lipinski definition) is 4. The molecule has 1 aromatic carbocycles. The predicted molar refractivity (Wildman–Crippen MR) is 120 cm³/mol. The number of ether oxygens (including phenoxy) is 3. The summed E-state index contributed by atoms with van der Waals surface area (Å²) in [6, 6.07) is 10.6. The molecule has 1 fully saturated rings. The van der Waals surface area contributed by atoms with Crippen LogP contribution in [0.1, 0.15) is 34.3 Å². The lowest BCUT2D eigenvalue weighted by Gasteiger charge is -2.19. The van der Waals surface area contributed by atoms with Gasteiger partial charge < -0.3 is 25.3 Å². The molecule has 1 saturated heterocycles. The molecule has 1 aromatic heterocycles. The average Bonchev–Trinajstić information content (AvgIpc) is 3.24. The summed E-state index contributed by atoms with van der Waals surface area (Å²) in [5, 5.41) is 13.7. The first-order valence-electron chi connectivity index (χ1n) is 9.77. The van der Waals surface area contributed by atoms with E-state index in [0.29, 0.717) is 37.5 Å². The van der Waals surface area contributed by atoms with Crippen LogP contribution >= 0.6 is 0 Å². The summed E-state index contributed by atoms with van der Waals surface area (Å²) in [4.78, 5) is 16.7. The van der Waals surface area contributed by atoms with E-state index in [0.717, 1.165) is 12.0 Å². The SMILES string of the molecule is COCC[C@@H](NC(=O)Nc1cc(N)c(C(=N)OC2CCOC2)cn1)c1ccccc1.[HH].[HH].[HH]. The molecule has 2 aromatic rings. The van der Waals surface area contributed by atoms with Crippen molar-refractivity contribution in [2.24, 2.45) is 0 Å². The Kier molecular flexibility index (Phi) is 7.58. The molecule has 1 unspecified atom stereocenters. The third-order valence-electron chi connectivity index (χ3n) is 4.71. The van der Waals surface area contributed by atoms with Crippen LogP contribution in [0.15, 0.2) is 42.6 Å². The largest absolute Gasteiger partial charge is 0.472 e. The standard InChI is InChI=1S/C21H27N5O4.3H2/c1-28-9-8-18(14-5-3-2-4-6-14)25-21(27)26-19-11-17(22)16(12-24-19)20(23)30-15-7-10-29-13-15;;;/h2-6,11-12,15,18,23H,7-10,13H2,1H3,(H4,22,24,25,26,27);3*1H/t15?,18-;;;/m1.../s1. The van der Waals surface area contributed by atoms with Crippen LogP contribution in [0.25, 0.3) is 0 Å². The van der Waals surface area contributed by atoms with Crippen LogP contribution in [0.2, 0.25) is 0 Å². The van der Waals surface area contributed by atoms with E-state index >= 15 is 0 Å². The van der Waals surface area contributed by atoms with Gasteiger partial charge in [0.2, 0.25) is 5.90 Å². The van der Waals surface area contributed by atoms with Crippen molar-refractivity contribution >= 4 is 23.4 Å². The number of benzene rings is 1. The molecule has 2 heterocycles. The molecule has 1 aliphatic rings. The van der Waals surface area contributed by atoms with Gasteiger partial charge in [0.1, 0.15) is 11.9 Å². The number of pyridine rings is 1. The van der Waals surface area contributed by atoms with Crippen molar-refractivity contribution in [3.8, 4) is 0 Å². The fourth-order valence-electron chi connectivity index (χ4n) is 3.12. The van der Waals surface area contributed by atoms with Gasteiger partial charge in [0, 0.05) is 42.4 Å². The molecule has 0 spiro atoms. The molecule has 2 amide bonds. The van der Waals surface area contributed by atoms with Crippen molar-refractivity contribution in [2.75, 3.05) is 38.0 Å². The summed E-state index contributed by atoms with van der Waals surface area (Å²) in [7, 11) is 1.62. The Balaban J connectivity index is 0.00000341. The molecule has 3 rings (SSSR count). The van der Waals surface area contributed by atoms with E-state index in [-0.39, 0.29) is 28.1 Å². The first-order valence-corrected chi connectivity index (χ1v) is 9.77. The summed E-state index contributed by atoms with van der Waals surface area (Å²) in [6.45, 7) is 1.59. The molecular formula is C21H33N5O4. The van der Waals surface area contributed by atoms with Gasteiger partial charge in [-0.2, -0.15) is 0 Å². The lowest BCUT2D eigenvalue weighted by Crippen LogP contribution is -2.33. The zero-order valence-corrected chi connectivity index (χ0v) is 16.9. The van der Waals surface area contributed by atoms with E-state index in [1.165, 1.54) is 12.3 Å². The van der Waals surface area contributed by atoms with Crippen molar-refractivity contribution in [3.63, 3.8) is 0 Å². The van der Waals surface area contributed by atoms with Crippen molar-refractivity contribution < 1.29 is 23.3 Å². The molecule has 5 N–H and O–H groups in total. The van der Waals surface area contributed by atoms with Gasteiger partial charge in [-0.15, -0.1) is 0 Å². The van der Waals surface area contributed by atoms with Gasteiger partial charge >= 0.3 is 6.03 Å². The predicted octanol–water partition coefficient (Wildman–Crippen LogP) is 3.43. The number of rotatable bonds is 8. The Morgan fingerprint density at radius 2 is 2.23 bits per heavy atom. The van der Waals surface area contributed by atoms with E-state index in [9.17, 15) is 4.79 Å². The highest BCUT2D eigenvalue weighted by atomic mass is 16.5. The molecule has 9 heteroatoms. The molecule has 2 atom stereocenters. The molecule has 0 bridgehead atoms. The van der Waals surface area contributed by atoms with Crippen molar-refractivity contribution in [3.05, 3.63) is 53.7 Å². The molecule has 1 aliphatic heterocycles. The quantitative estimate of drug-likeness (QED) is 0.383. The van der Waals surface area contributed by atoms with Crippen LogP contribution in [0.3, 0.4) is 0 Å². The minimum absolute atomic E-state index is 0. The van der Waals surface area contributed by atoms with E-state index in [4.69, 9.17) is 25.4 Å². The smallest absolute Gasteiger partial charge is 0.320 e. The number of urea groups is 1. The Morgan fingerprint density at radius 3 is 2.90 bits per heavy atom. The van der Waals surface area contributed by atoms with Gasteiger partial charge in [-0.05, 0) is 12.0 Å². The zero-order valence-electron chi connectivity index (χ0n) is 16.9. The lowest BCUT2D eigenvalue weighted by atomic mass is 10.0. The van der Waals surface area contributed by atoms with E-state index in [1.807, 2.05) is 30.3 Å². The van der Waals surface area contributed by atoms with E-state index < -0.39 is 6.03 Å². The van der Waals surface area contributed by atoms with Crippen LogP contribution in [-0.2, 0) is 14.2 Å². The minimum Gasteiger partial charge on any atom is -0.472 e. The molecular weight excluding hydrogens is 386 g/mol. The third kappa shape index (κ3) is 5.91. The van der Waals surface area contributed by atoms with Crippen molar-refractivity contribution in [1.29, 1.82) is 5.41 Å². The Hall–Kier alpha value is -3.17. The average molecular weight is 420 g/mol. The van der Waals surface area contributed by atoms with Crippen molar-refractivity contribution in [1.82, 2.24) is 10.3 Å². The molecule has 0 aliphatic carbocycles. The van der Waals surface area contributed by atoms with Crippen molar-refractivity contribution in [2.45, 2.75) is 25.0 Å². The number of carbonyl (C=O) groups excluding carboxylic acids is 1. The Morgan fingerprint density at radius 1 is 1.43 bits per heavy atom. The van der Waals surface area contributed by atoms with Gasteiger partial charge in [0.05, 0.1) is 24.8 Å². The van der Waals surface area contributed by atoms with E-state index in [1.54, 1.807) is 7.11 Å². The van der Waals surface area contributed by atoms with Crippen LogP contribution < -0.4 is 16.4 Å². The number of nitrogens with two attached hydrogens (primary N) is 1. The number of amides is 2. The number of nitrogens with zero attached hydrogens (tertiary/aromatic N) is 1. The highest BCUT2D eigenvalue weighted by Gasteiger charge is 2.21. The molecule has 0 radical (unpaired) electrons. The maximum Gasteiger partial charge on any atom is 0.320 e. The molecule has 30 heavy (non-hydrogen) atoms. The van der Waals surface area contributed by atoms with E-state index in [2.05, 4.69) is 15.6 Å². The molecule has 166 valence electrons. The number of nitrogens with one attached hydrogen (secondary N) is 3. The van der Waals surface area contributed by atoms with Crippen LogP contribution in [-0.4, -0.2) is 49.9 Å². The van der Waals surface area contributed by atoms with Gasteiger partial charge in [-0.3, -0.25) is 10.7 Å². The first kappa shape index (κ1) is 21.5. The first-order chi connectivity index (χ1) is 14.6. The highest BCUT2D eigenvalue weighted by molar-refractivity contribution is 5.98. The summed E-state index contributed by atoms with van der Waals surface area (Å²) in [5.74, 6) is 0.222. The number of anilines is 2. The van der Waals surface area contributed by atoms with Gasteiger partial charge in [0.25, 0.3) is 0 Å². The maximum atomic E-state index is 12.5. The second-order valence-electron chi connectivity index (χ2n) is 6.93. The Labute approximate surface area is 179 Å². The third-order valence-corrected chi connectivity index (χ3v) is 4.71. The van der Waals surface area contributed by atoms with Crippen LogP contribution in [0.5, 0.6) is 0 Å². The summed E-state index contributed by atoms with van der Waals surface area (Å²) in [5.41, 5.74) is 7.70. The van der Waals surface area contributed by atoms with Crippen LogP contribution in [0, 0.1) is 5.41 Å². The second-order valence-corrected chi connectivity index (χ2v) is 6.93. The number of methoxy groups -OCH3 is 1. The monoisotopic (exact) mass is 419 g/mol. The number of carbonyl (C=O) groups is 1. The van der Waals surface area contributed by atoms with Gasteiger partial charge in [-0.25, -0.2) is 9.78 Å². The normalized spacial score (nSPS) is 16.6. The van der Waals surface area contributed by atoms with Gasteiger partial charge in [0.15, 0.2) is 0 Å². The molecule has 0 saturated carbocycles. The zero-order chi connectivity index (χ0) is 21.3. The summed E-state index contributed by atoms with van der Waals surface area (Å²) < 4.78 is 16.0. The topological polar surface area (TPSA) is 132 Å². The van der Waals surface area contributed by atoms with Gasteiger partial charge in [-0.1, -0.05) is 30.3 Å². The number of nitrogen functional groups attached to an aromatic ring is 1. The number of aromatic nitrogens is 1. The second kappa shape index (κ2) is 10.6. The maximum absolute atomic E-state index is 12.5. The fraction of sp³-hybridized carbons (Fsp3) is 0.381. The minimum atomic E-state index is -0.408. The number of hydrogen-bond acceptors (Lipinski definition) is 7. The summed E-state index contributed by atoms with van der Waals surface area (Å²) >= 11 is 0. The fourth-order valence-corrected chi connectivity index (χ4v) is 3.12.